The lowest BCUT2D eigenvalue weighted by Gasteiger charge is -2.10. The quantitative estimate of drug-likeness (QED) is 0.807. The first-order valence-corrected chi connectivity index (χ1v) is 7.68. The van der Waals surface area contributed by atoms with Crippen LogP contribution in [0.5, 0.6) is 5.75 Å². The first-order chi connectivity index (χ1) is 9.85. The summed E-state index contributed by atoms with van der Waals surface area (Å²) in [5.74, 6) is 1.08. The van der Waals surface area contributed by atoms with Gasteiger partial charge in [0.25, 0.3) is 0 Å². The molecule has 8 heteroatoms. The Kier molecular flexibility index (Phi) is 4.19. The molecule has 2 aromatic rings. The van der Waals surface area contributed by atoms with Crippen molar-refractivity contribution in [2.24, 2.45) is 0 Å². The van der Waals surface area contributed by atoms with Gasteiger partial charge in [0.2, 0.25) is 10.0 Å². The van der Waals surface area contributed by atoms with Crippen LogP contribution in [-0.2, 0) is 16.6 Å². The number of aryl methyl sites for hydroxylation is 2. The summed E-state index contributed by atoms with van der Waals surface area (Å²) in [4.78, 5) is 0.00932. The molecule has 0 saturated heterocycles. The van der Waals surface area contributed by atoms with Crippen molar-refractivity contribution in [2.45, 2.75) is 25.3 Å². The molecule has 0 aliphatic heterocycles. The number of rotatable bonds is 5. The Morgan fingerprint density at radius 1 is 1.38 bits per heavy atom. The highest BCUT2D eigenvalue weighted by molar-refractivity contribution is 7.89. The minimum Gasteiger partial charge on any atom is -0.497 e. The number of nitrogens with one attached hydrogen (secondary N) is 1. The SMILES string of the molecule is COc1ccc(S(=O)(=O)NCc2c(C)noc2C)c(N)c1. The van der Waals surface area contributed by atoms with Gasteiger partial charge in [0, 0.05) is 18.2 Å². The van der Waals surface area contributed by atoms with Gasteiger partial charge >= 0.3 is 0 Å². The van der Waals surface area contributed by atoms with E-state index < -0.39 is 10.0 Å². The van der Waals surface area contributed by atoms with Gasteiger partial charge in [-0.25, -0.2) is 13.1 Å². The molecule has 0 bridgehead atoms. The van der Waals surface area contributed by atoms with Crippen molar-refractivity contribution >= 4 is 15.7 Å². The summed E-state index contributed by atoms with van der Waals surface area (Å²) in [7, 11) is -2.24. The maximum atomic E-state index is 12.3. The van der Waals surface area contributed by atoms with E-state index in [-0.39, 0.29) is 17.1 Å². The Morgan fingerprint density at radius 2 is 2.10 bits per heavy atom. The van der Waals surface area contributed by atoms with E-state index in [4.69, 9.17) is 15.0 Å². The lowest BCUT2D eigenvalue weighted by atomic mass is 10.2. The van der Waals surface area contributed by atoms with Crippen molar-refractivity contribution in [1.82, 2.24) is 9.88 Å². The zero-order chi connectivity index (χ0) is 15.6. The van der Waals surface area contributed by atoms with E-state index >= 15 is 0 Å². The molecule has 1 aromatic carbocycles. The zero-order valence-corrected chi connectivity index (χ0v) is 12.8. The Morgan fingerprint density at radius 3 is 2.62 bits per heavy atom. The van der Waals surface area contributed by atoms with Crippen LogP contribution < -0.4 is 15.2 Å². The van der Waals surface area contributed by atoms with Crippen molar-refractivity contribution in [3.63, 3.8) is 0 Å². The number of nitrogens with zero attached hydrogens (tertiary/aromatic N) is 1. The third-order valence-corrected chi connectivity index (χ3v) is 4.60. The number of nitrogen functional groups attached to an aromatic ring is 1. The molecule has 0 amide bonds. The number of nitrogens with two attached hydrogens (primary N) is 1. The van der Waals surface area contributed by atoms with Crippen LogP contribution in [0.1, 0.15) is 17.0 Å². The van der Waals surface area contributed by atoms with Gasteiger partial charge in [-0.2, -0.15) is 0 Å². The molecule has 3 N–H and O–H groups in total. The second-order valence-electron chi connectivity index (χ2n) is 4.53. The molecular weight excluding hydrogens is 294 g/mol. The highest BCUT2D eigenvalue weighted by atomic mass is 32.2. The van der Waals surface area contributed by atoms with E-state index in [1.54, 1.807) is 19.9 Å². The van der Waals surface area contributed by atoms with Crippen LogP contribution in [0.4, 0.5) is 5.69 Å². The molecule has 1 heterocycles. The van der Waals surface area contributed by atoms with E-state index in [0.717, 1.165) is 0 Å². The summed E-state index contributed by atoms with van der Waals surface area (Å²) in [5.41, 5.74) is 7.25. The third kappa shape index (κ3) is 3.17. The van der Waals surface area contributed by atoms with E-state index in [1.165, 1.54) is 19.2 Å². The van der Waals surface area contributed by atoms with Crippen molar-refractivity contribution in [3.8, 4) is 5.75 Å². The molecule has 0 aliphatic rings. The normalized spacial score (nSPS) is 11.6. The van der Waals surface area contributed by atoms with Crippen molar-refractivity contribution < 1.29 is 17.7 Å². The second-order valence-corrected chi connectivity index (χ2v) is 6.27. The van der Waals surface area contributed by atoms with Gasteiger partial charge in [-0.3, -0.25) is 0 Å². The molecular formula is C13H17N3O4S. The number of aromatic nitrogens is 1. The average molecular weight is 311 g/mol. The average Bonchev–Trinajstić information content (AvgIpc) is 2.75. The lowest BCUT2D eigenvalue weighted by Crippen LogP contribution is -2.24. The maximum Gasteiger partial charge on any atom is 0.242 e. The predicted octanol–water partition coefficient (Wildman–Crippen LogP) is 1.36. The molecule has 0 spiro atoms. The van der Waals surface area contributed by atoms with Crippen LogP contribution in [0.3, 0.4) is 0 Å². The summed E-state index contributed by atoms with van der Waals surface area (Å²) in [6.45, 7) is 3.57. The minimum absolute atomic E-state index is 0.00932. The third-order valence-electron chi connectivity index (χ3n) is 3.13. The summed E-state index contributed by atoms with van der Waals surface area (Å²) >= 11 is 0. The highest BCUT2D eigenvalue weighted by Gasteiger charge is 2.19. The van der Waals surface area contributed by atoms with E-state index in [0.29, 0.717) is 22.8 Å². The zero-order valence-electron chi connectivity index (χ0n) is 12.0. The van der Waals surface area contributed by atoms with Gasteiger partial charge in [0.15, 0.2) is 0 Å². The van der Waals surface area contributed by atoms with E-state index in [2.05, 4.69) is 9.88 Å². The first-order valence-electron chi connectivity index (χ1n) is 6.20. The summed E-state index contributed by atoms with van der Waals surface area (Å²) in [6, 6.07) is 4.41. The van der Waals surface area contributed by atoms with Gasteiger partial charge in [-0.1, -0.05) is 5.16 Å². The smallest absolute Gasteiger partial charge is 0.242 e. The van der Waals surface area contributed by atoms with E-state index in [9.17, 15) is 8.42 Å². The first kappa shape index (κ1) is 15.3. The van der Waals surface area contributed by atoms with Gasteiger partial charge in [-0.05, 0) is 26.0 Å². The number of hydrogen-bond acceptors (Lipinski definition) is 6. The number of ether oxygens (including phenoxy) is 1. The molecule has 2 rings (SSSR count). The number of anilines is 1. The van der Waals surface area contributed by atoms with Gasteiger partial charge in [0.1, 0.15) is 16.4 Å². The number of methoxy groups -OCH3 is 1. The summed E-state index contributed by atoms with van der Waals surface area (Å²) < 4.78 is 37.1. The lowest BCUT2D eigenvalue weighted by molar-refractivity contribution is 0.392. The number of benzene rings is 1. The van der Waals surface area contributed by atoms with Crippen LogP contribution >= 0.6 is 0 Å². The molecule has 0 unspecified atom stereocenters. The van der Waals surface area contributed by atoms with Crippen molar-refractivity contribution in [1.29, 1.82) is 0 Å². The Balaban J connectivity index is 2.23. The molecule has 0 atom stereocenters. The van der Waals surface area contributed by atoms with Crippen LogP contribution in [-0.4, -0.2) is 20.7 Å². The predicted molar refractivity (Wildman–Crippen MR) is 77.4 cm³/mol. The standard InChI is InChI=1S/C13H17N3O4S/c1-8-11(9(2)20-16-8)7-15-21(17,18)13-5-4-10(19-3)6-12(13)14/h4-6,15H,7,14H2,1-3H3. The van der Waals surface area contributed by atoms with E-state index in [1.807, 2.05) is 0 Å². The molecule has 1 aromatic heterocycles. The van der Waals surface area contributed by atoms with Gasteiger partial charge in [0.05, 0.1) is 18.5 Å². The van der Waals surface area contributed by atoms with Crippen LogP contribution in [0, 0.1) is 13.8 Å². The summed E-state index contributed by atoms with van der Waals surface area (Å²) in [5, 5.41) is 3.78. The van der Waals surface area contributed by atoms with Crippen LogP contribution in [0.15, 0.2) is 27.6 Å². The molecule has 114 valence electrons. The largest absolute Gasteiger partial charge is 0.497 e. The maximum absolute atomic E-state index is 12.3. The molecule has 0 saturated carbocycles. The molecule has 0 aliphatic carbocycles. The number of sulfonamides is 1. The van der Waals surface area contributed by atoms with Crippen LogP contribution in [0.25, 0.3) is 0 Å². The number of hydrogen-bond donors (Lipinski definition) is 2. The Bertz CT molecular complexity index is 733. The molecule has 21 heavy (non-hydrogen) atoms. The molecule has 7 nitrogen and oxygen atoms in total. The molecule has 0 radical (unpaired) electrons. The topological polar surface area (TPSA) is 107 Å². The monoisotopic (exact) mass is 311 g/mol. The summed E-state index contributed by atoms with van der Waals surface area (Å²) in [6.07, 6.45) is 0. The Labute approximate surface area is 123 Å². The fraction of sp³-hybridized carbons (Fsp3) is 0.308. The second kappa shape index (κ2) is 5.74. The van der Waals surface area contributed by atoms with Gasteiger partial charge in [-0.15, -0.1) is 0 Å². The minimum atomic E-state index is -3.73. The molecule has 0 fully saturated rings. The fourth-order valence-corrected chi connectivity index (χ4v) is 3.00. The van der Waals surface area contributed by atoms with Gasteiger partial charge < -0.3 is 15.0 Å². The Hall–Kier alpha value is -2.06. The van der Waals surface area contributed by atoms with Crippen LogP contribution in [0.2, 0.25) is 0 Å². The van der Waals surface area contributed by atoms with Crippen molar-refractivity contribution in [3.05, 3.63) is 35.2 Å². The fourth-order valence-electron chi connectivity index (χ4n) is 1.90. The van der Waals surface area contributed by atoms with Crippen molar-refractivity contribution in [2.75, 3.05) is 12.8 Å². The highest BCUT2D eigenvalue weighted by Crippen LogP contribution is 2.24.